The summed E-state index contributed by atoms with van der Waals surface area (Å²) in [5, 5.41) is 7.70. The van der Waals surface area contributed by atoms with Crippen molar-refractivity contribution in [2.75, 3.05) is 11.4 Å². The summed E-state index contributed by atoms with van der Waals surface area (Å²) in [5.41, 5.74) is 2.16. The van der Waals surface area contributed by atoms with Gasteiger partial charge in [0, 0.05) is 29.7 Å². The quantitative estimate of drug-likeness (QED) is 0.490. The first-order chi connectivity index (χ1) is 17.0. The number of benzene rings is 1. The van der Waals surface area contributed by atoms with Crippen LogP contribution in [0.5, 0.6) is 0 Å². The van der Waals surface area contributed by atoms with Crippen molar-refractivity contribution in [3.05, 3.63) is 82.3 Å². The van der Waals surface area contributed by atoms with Crippen molar-refractivity contribution in [1.29, 1.82) is 0 Å². The molecule has 0 radical (unpaired) electrons. The molecule has 4 rings (SSSR count). The lowest BCUT2D eigenvalue weighted by atomic mass is 9.94. The maximum Gasteiger partial charge on any atom is 0.261 e. The van der Waals surface area contributed by atoms with E-state index in [4.69, 9.17) is 0 Å². The first-order valence-corrected chi connectivity index (χ1v) is 12.8. The summed E-state index contributed by atoms with van der Waals surface area (Å²) in [6.07, 6.45) is 8.46. The number of carbonyl (C=O) groups is 3. The molecule has 2 heterocycles. The molecule has 1 aliphatic rings. The van der Waals surface area contributed by atoms with Crippen LogP contribution in [0.1, 0.15) is 58.9 Å². The highest BCUT2D eigenvalue weighted by atomic mass is 32.1. The fraction of sp³-hybridized carbons (Fsp3) is 0.333. The highest BCUT2D eigenvalue weighted by molar-refractivity contribution is 7.12. The average molecular weight is 491 g/mol. The van der Waals surface area contributed by atoms with E-state index in [9.17, 15) is 14.4 Å². The van der Waals surface area contributed by atoms with Crippen molar-refractivity contribution in [1.82, 2.24) is 15.6 Å². The molecule has 2 aromatic heterocycles. The third kappa shape index (κ3) is 6.33. The first kappa shape index (κ1) is 24.6. The Kier molecular flexibility index (Phi) is 8.26. The number of hydrogen-bond acceptors (Lipinski definition) is 5. The summed E-state index contributed by atoms with van der Waals surface area (Å²) in [7, 11) is 0. The minimum atomic E-state index is -0.918. The Morgan fingerprint density at radius 1 is 1.09 bits per heavy atom. The molecule has 1 aromatic carbocycles. The van der Waals surface area contributed by atoms with Crippen molar-refractivity contribution in [2.45, 2.75) is 51.1 Å². The SMILES string of the molecule is Cc1cccc(N(C(=O)CNC(=O)c2cccs2)C(C(=O)NC2CCCCC2)c2cccnc2)c1. The van der Waals surface area contributed by atoms with Crippen LogP contribution >= 0.6 is 11.3 Å². The topological polar surface area (TPSA) is 91.4 Å². The highest BCUT2D eigenvalue weighted by Crippen LogP contribution is 2.29. The second-order valence-corrected chi connectivity index (χ2v) is 9.74. The molecule has 1 fully saturated rings. The monoisotopic (exact) mass is 490 g/mol. The van der Waals surface area contributed by atoms with E-state index in [0.29, 0.717) is 16.1 Å². The van der Waals surface area contributed by atoms with Gasteiger partial charge in [-0.05, 0) is 55.0 Å². The lowest BCUT2D eigenvalue weighted by Crippen LogP contribution is -2.49. The molecule has 3 amide bonds. The Labute approximate surface area is 209 Å². The van der Waals surface area contributed by atoms with Crippen molar-refractivity contribution in [3.8, 4) is 0 Å². The Hall–Kier alpha value is -3.52. The van der Waals surface area contributed by atoms with E-state index >= 15 is 0 Å². The van der Waals surface area contributed by atoms with Crippen molar-refractivity contribution >= 4 is 34.7 Å². The van der Waals surface area contributed by atoms with Gasteiger partial charge < -0.3 is 10.6 Å². The van der Waals surface area contributed by atoms with Gasteiger partial charge in [-0.1, -0.05) is 43.5 Å². The molecule has 182 valence electrons. The van der Waals surface area contributed by atoms with Crippen LogP contribution in [-0.2, 0) is 9.59 Å². The van der Waals surface area contributed by atoms with Crippen LogP contribution in [0.2, 0.25) is 0 Å². The van der Waals surface area contributed by atoms with Gasteiger partial charge in [-0.25, -0.2) is 0 Å². The van der Waals surface area contributed by atoms with E-state index in [1.54, 1.807) is 36.7 Å². The van der Waals surface area contributed by atoms with Crippen LogP contribution in [0.25, 0.3) is 0 Å². The predicted molar refractivity (Wildman–Crippen MR) is 137 cm³/mol. The highest BCUT2D eigenvalue weighted by Gasteiger charge is 2.34. The molecule has 0 saturated heterocycles. The number of pyridine rings is 1. The zero-order valence-electron chi connectivity index (χ0n) is 19.8. The number of hydrogen-bond donors (Lipinski definition) is 2. The Morgan fingerprint density at radius 3 is 2.60 bits per heavy atom. The van der Waals surface area contributed by atoms with E-state index in [1.807, 2.05) is 36.6 Å². The largest absolute Gasteiger partial charge is 0.351 e. The lowest BCUT2D eigenvalue weighted by molar-refractivity contribution is -0.127. The van der Waals surface area contributed by atoms with Gasteiger partial charge in [0.05, 0.1) is 11.4 Å². The maximum atomic E-state index is 13.7. The third-order valence-electron chi connectivity index (χ3n) is 6.15. The number of aryl methyl sites for hydroxylation is 1. The number of aromatic nitrogens is 1. The van der Waals surface area contributed by atoms with Gasteiger partial charge in [0.15, 0.2) is 0 Å². The zero-order valence-corrected chi connectivity index (χ0v) is 20.6. The summed E-state index contributed by atoms with van der Waals surface area (Å²) >= 11 is 1.31. The fourth-order valence-corrected chi connectivity index (χ4v) is 5.07. The lowest BCUT2D eigenvalue weighted by Gasteiger charge is -2.33. The number of nitrogens with one attached hydrogen (secondary N) is 2. The minimum Gasteiger partial charge on any atom is -0.351 e. The molecular weight excluding hydrogens is 460 g/mol. The molecule has 0 bridgehead atoms. The van der Waals surface area contributed by atoms with Crippen LogP contribution in [0, 0.1) is 6.92 Å². The number of carbonyl (C=O) groups excluding carboxylic acids is 3. The summed E-state index contributed by atoms with van der Waals surface area (Å²) < 4.78 is 0. The van der Waals surface area contributed by atoms with Crippen LogP contribution < -0.4 is 15.5 Å². The molecule has 1 saturated carbocycles. The smallest absolute Gasteiger partial charge is 0.261 e. The zero-order chi connectivity index (χ0) is 24.6. The number of anilines is 1. The molecule has 0 spiro atoms. The van der Waals surface area contributed by atoms with Crippen LogP contribution in [0.15, 0.2) is 66.3 Å². The fourth-order valence-electron chi connectivity index (χ4n) is 4.43. The Bertz CT molecular complexity index is 1140. The van der Waals surface area contributed by atoms with E-state index in [1.165, 1.54) is 22.7 Å². The predicted octanol–water partition coefficient (Wildman–Crippen LogP) is 4.40. The second kappa shape index (κ2) is 11.8. The molecular formula is C27H30N4O3S. The number of nitrogens with zero attached hydrogens (tertiary/aromatic N) is 2. The van der Waals surface area contributed by atoms with Gasteiger partial charge >= 0.3 is 0 Å². The second-order valence-electron chi connectivity index (χ2n) is 8.80. The first-order valence-electron chi connectivity index (χ1n) is 11.9. The number of amides is 3. The van der Waals surface area contributed by atoms with E-state index in [-0.39, 0.29) is 30.3 Å². The maximum absolute atomic E-state index is 13.7. The Morgan fingerprint density at radius 2 is 1.91 bits per heavy atom. The van der Waals surface area contributed by atoms with Gasteiger partial charge in [-0.3, -0.25) is 24.3 Å². The number of thiophene rings is 1. The van der Waals surface area contributed by atoms with Gasteiger partial charge in [0.2, 0.25) is 11.8 Å². The Balaban J connectivity index is 1.66. The molecule has 1 unspecified atom stereocenters. The van der Waals surface area contributed by atoms with Gasteiger partial charge in [-0.15, -0.1) is 11.3 Å². The number of rotatable bonds is 8. The van der Waals surface area contributed by atoms with E-state index < -0.39 is 6.04 Å². The van der Waals surface area contributed by atoms with Crippen LogP contribution in [0.3, 0.4) is 0 Å². The minimum absolute atomic E-state index is 0.0865. The van der Waals surface area contributed by atoms with Crippen LogP contribution in [-0.4, -0.2) is 35.3 Å². The van der Waals surface area contributed by atoms with Gasteiger partial charge in [0.25, 0.3) is 5.91 Å². The molecule has 8 heteroatoms. The van der Waals surface area contributed by atoms with Crippen molar-refractivity contribution < 1.29 is 14.4 Å². The third-order valence-corrected chi connectivity index (χ3v) is 7.02. The molecule has 7 nitrogen and oxygen atoms in total. The van der Waals surface area contributed by atoms with E-state index in [2.05, 4.69) is 15.6 Å². The normalized spacial score (nSPS) is 14.7. The standard InChI is InChI=1S/C27H30N4O3S/c1-19-8-5-12-22(16-19)31(24(32)18-29-26(33)23-13-7-15-35-23)25(20-9-6-14-28-17-20)27(34)30-21-10-3-2-4-11-21/h5-9,12-17,21,25H,2-4,10-11,18H2,1H3,(H,29,33)(H,30,34). The van der Waals surface area contributed by atoms with Crippen molar-refractivity contribution in [2.24, 2.45) is 0 Å². The van der Waals surface area contributed by atoms with Crippen LogP contribution in [0.4, 0.5) is 5.69 Å². The molecule has 3 aromatic rings. The van der Waals surface area contributed by atoms with Gasteiger partial charge in [-0.2, -0.15) is 0 Å². The van der Waals surface area contributed by atoms with Crippen molar-refractivity contribution in [3.63, 3.8) is 0 Å². The summed E-state index contributed by atoms with van der Waals surface area (Å²) in [4.78, 5) is 46.1. The molecule has 0 aliphatic heterocycles. The summed E-state index contributed by atoms with van der Waals surface area (Å²) in [6, 6.07) is 13.7. The summed E-state index contributed by atoms with van der Waals surface area (Å²) in [5.74, 6) is -0.945. The molecule has 1 aliphatic carbocycles. The van der Waals surface area contributed by atoms with Gasteiger partial charge in [0.1, 0.15) is 6.04 Å². The summed E-state index contributed by atoms with van der Waals surface area (Å²) in [6.45, 7) is 1.70. The molecule has 35 heavy (non-hydrogen) atoms. The molecule has 2 N–H and O–H groups in total. The van der Waals surface area contributed by atoms with E-state index in [0.717, 1.165) is 31.2 Å². The molecule has 1 atom stereocenters. The average Bonchev–Trinajstić information content (AvgIpc) is 3.42.